The molecule has 0 bridgehead atoms. The SMILES string of the molecule is O=C(CC1(O)CCCCC1)N1CCOCC1C1CCCC1O. The summed E-state index contributed by atoms with van der Waals surface area (Å²) in [5.74, 6) is 0.169. The van der Waals surface area contributed by atoms with Crippen molar-refractivity contribution in [3.8, 4) is 0 Å². The second kappa shape index (κ2) is 6.85. The van der Waals surface area contributed by atoms with Crippen molar-refractivity contribution in [2.45, 2.75) is 75.5 Å². The number of hydrogen-bond acceptors (Lipinski definition) is 4. The minimum atomic E-state index is -0.813. The molecule has 2 N–H and O–H groups in total. The smallest absolute Gasteiger partial charge is 0.225 e. The van der Waals surface area contributed by atoms with E-state index in [1.54, 1.807) is 0 Å². The van der Waals surface area contributed by atoms with Gasteiger partial charge in [-0.2, -0.15) is 0 Å². The number of amides is 1. The summed E-state index contributed by atoms with van der Waals surface area (Å²) >= 11 is 0. The zero-order valence-electron chi connectivity index (χ0n) is 13.4. The number of aliphatic hydroxyl groups excluding tert-OH is 1. The molecule has 3 unspecified atom stereocenters. The summed E-state index contributed by atoms with van der Waals surface area (Å²) in [4.78, 5) is 14.7. The van der Waals surface area contributed by atoms with Crippen LogP contribution in [0, 0.1) is 5.92 Å². The van der Waals surface area contributed by atoms with Gasteiger partial charge in [0.1, 0.15) is 0 Å². The minimum Gasteiger partial charge on any atom is -0.393 e. The molecular weight excluding hydrogens is 282 g/mol. The summed E-state index contributed by atoms with van der Waals surface area (Å²) in [6.45, 7) is 1.66. The van der Waals surface area contributed by atoms with Crippen LogP contribution in [0.3, 0.4) is 0 Å². The molecule has 0 aromatic carbocycles. The van der Waals surface area contributed by atoms with Gasteiger partial charge in [-0.1, -0.05) is 25.7 Å². The number of hydrogen-bond donors (Lipinski definition) is 2. The summed E-state index contributed by atoms with van der Waals surface area (Å²) in [5.41, 5.74) is -0.813. The predicted molar refractivity (Wildman–Crippen MR) is 82.3 cm³/mol. The Bertz CT molecular complexity index is 394. The van der Waals surface area contributed by atoms with E-state index in [0.29, 0.717) is 19.8 Å². The molecule has 3 aliphatic rings. The molecule has 3 atom stereocenters. The fourth-order valence-electron chi connectivity index (χ4n) is 4.47. The van der Waals surface area contributed by atoms with Crippen LogP contribution < -0.4 is 0 Å². The van der Waals surface area contributed by atoms with Crippen LogP contribution in [0.5, 0.6) is 0 Å². The van der Waals surface area contributed by atoms with Crippen LogP contribution in [0.1, 0.15) is 57.8 Å². The largest absolute Gasteiger partial charge is 0.393 e. The fourth-order valence-corrected chi connectivity index (χ4v) is 4.47. The van der Waals surface area contributed by atoms with E-state index in [2.05, 4.69) is 0 Å². The fraction of sp³-hybridized carbons (Fsp3) is 0.941. The molecule has 1 aliphatic heterocycles. The number of carbonyl (C=O) groups is 1. The highest BCUT2D eigenvalue weighted by atomic mass is 16.5. The van der Waals surface area contributed by atoms with Gasteiger partial charge in [0, 0.05) is 12.5 Å². The quantitative estimate of drug-likeness (QED) is 0.828. The van der Waals surface area contributed by atoms with Gasteiger partial charge < -0.3 is 19.8 Å². The van der Waals surface area contributed by atoms with Crippen LogP contribution in [-0.2, 0) is 9.53 Å². The highest BCUT2D eigenvalue weighted by Crippen LogP contribution is 2.35. The molecule has 0 aromatic rings. The molecule has 5 heteroatoms. The Morgan fingerprint density at radius 3 is 2.64 bits per heavy atom. The highest BCUT2D eigenvalue weighted by molar-refractivity contribution is 5.77. The van der Waals surface area contributed by atoms with Gasteiger partial charge in [0.2, 0.25) is 5.91 Å². The lowest BCUT2D eigenvalue weighted by Gasteiger charge is -2.42. The molecule has 0 radical (unpaired) electrons. The maximum Gasteiger partial charge on any atom is 0.225 e. The maximum atomic E-state index is 12.8. The number of aliphatic hydroxyl groups is 2. The van der Waals surface area contributed by atoms with Crippen LogP contribution in [0.2, 0.25) is 0 Å². The lowest BCUT2D eigenvalue weighted by Crippen LogP contribution is -2.55. The van der Waals surface area contributed by atoms with E-state index >= 15 is 0 Å². The van der Waals surface area contributed by atoms with Crippen LogP contribution >= 0.6 is 0 Å². The Balaban J connectivity index is 1.66. The zero-order chi connectivity index (χ0) is 15.6. The molecule has 5 nitrogen and oxygen atoms in total. The third-order valence-corrected chi connectivity index (χ3v) is 5.78. The second-order valence-corrected chi connectivity index (χ2v) is 7.35. The van der Waals surface area contributed by atoms with Crippen molar-refractivity contribution in [1.29, 1.82) is 0 Å². The third kappa shape index (κ3) is 3.47. The van der Waals surface area contributed by atoms with Crippen molar-refractivity contribution in [1.82, 2.24) is 4.90 Å². The summed E-state index contributed by atoms with van der Waals surface area (Å²) in [7, 11) is 0. The Morgan fingerprint density at radius 2 is 1.95 bits per heavy atom. The van der Waals surface area contributed by atoms with Gasteiger partial charge >= 0.3 is 0 Å². The third-order valence-electron chi connectivity index (χ3n) is 5.78. The lowest BCUT2D eigenvalue weighted by atomic mass is 9.82. The van der Waals surface area contributed by atoms with E-state index < -0.39 is 5.60 Å². The maximum absolute atomic E-state index is 12.8. The molecule has 22 heavy (non-hydrogen) atoms. The summed E-state index contributed by atoms with van der Waals surface area (Å²) in [6.07, 6.45) is 7.37. The van der Waals surface area contributed by atoms with Crippen LogP contribution in [0.25, 0.3) is 0 Å². The van der Waals surface area contributed by atoms with Gasteiger partial charge in [0.25, 0.3) is 0 Å². The van der Waals surface area contributed by atoms with E-state index in [-0.39, 0.29) is 30.4 Å². The van der Waals surface area contributed by atoms with Gasteiger partial charge in [0.05, 0.1) is 37.4 Å². The van der Waals surface area contributed by atoms with E-state index in [1.807, 2.05) is 4.90 Å². The van der Waals surface area contributed by atoms with Crippen molar-refractivity contribution in [3.63, 3.8) is 0 Å². The van der Waals surface area contributed by atoms with E-state index in [4.69, 9.17) is 4.74 Å². The van der Waals surface area contributed by atoms with Gasteiger partial charge in [-0.05, 0) is 25.7 Å². The summed E-state index contributed by atoms with van der Waals surface area (Å²) < 4.78 is 5.57. The average molecular weight is 311 g/mol. The van der Waals surface area contributed by atoms with Crippen LogP contribution in [-0.4, -0.2) is 58.5 Å². The van der Waals surface area contributed by atoms with Crippen molar-refractivity contribution >= 4 is 5.91 Å². The minimum absolute atomic E-state index is 0.0223. The molecule has 3 fully saturated rings. The van der Waals surface area contributed by atoms with Gasteiger partial charge in [-0.25, -0.2) is 0 Å². The zero-order valence-corrected chi connectivity index (χ0v) is 13.4. The molecule has 126 valence electrons. The first-order chi connectivity index (χ1) is 10.6. The van der Waals surface area contributed by atoms with E-state index in [1.165, 1.54) is 0 Å². The van der Waals surface area contributed by atoms with Crippen molar-refractivity contribution < 1.29 is 19.7 Å². The first-order valence-electron chi connectivity index (χ1n) is 8.87. The standard InChI is InChI=1S/C17H29NO4/c19-15-6-4-5-13(15)14-12-22-10-9-18(14)16(20)11-17(21)7-2-1-3-8-17/h13-15,19,21H,1-12H2. The van der Waals surface area contributed by atoms with Crippen molar-refractivity contribution in [2.24, 2.45) is 5.92 Å². The number of morpholine rings is 1. The highest BCUT2D eigenvalue weighted by Gasteiger charge is 2.41. The van der Waals surface area contributed by atoms with Gasteiger partial charge in [-0.15, -0.1) is 0 Å². The molecule has 1 amide bonds. The molecule has 3 rings (SSSR count). The Kier molecular flexibility index (Phi) is 5.05. The van der Waals surface area contributed by atoms with Crippen LogP contribution in [0.15, 0.2) is 0 Å². The summed E-state index contributed by atoms with van der Waals surface area (Å²) in [6, 6.07) is -0.0223. The van der Waals surface area contributed by atoms with Crippen molar-refractivity contribution in [2.75, 3.05) is 19.8 Å². The molecule has 0 spiro atoms. The predicted octanol–water partition coefficient (Wildman–Crippen LogP) is 1.46. The first kappa shape index (κ1) is 16.2. The Hall–Kier alpha value is -0.650. The normalized spacial score (nSPS) is 35.5. The second-order valence-electron chi connectivity index (χ2n) is 7.35. The van der Waals surface area contributed by atoms with Gasteiger partial charge in [-0.3, -0.25) is 4.79 Å². The Morgan fingerprint density at radius 1 is 1.18 bits per heavy atom. The molecule has 1 saturated heterocycles. The lowest BCUT2D eigenvalue weighted by molar-refractivity contribution is -0.150. The molecule has 1 heterocycles. The van der Waals surface area contributed by atoms with Gasteiger partial charge in [0.15, 0.2) is 0 Å². The Labute approximate surface area is 132 Å². The van der Waals surface area contributed by atoms with Crippen molar-refractivity contribution in [3.05, 3.63) is 0 Å². The van der Waals surface area contributed by atoms with E-state index in [9.17, 15) is 15.0 Å². The molecule has 2 aliphatic carbocycles. The molecule has 2 saturated carbocycles. The summed E-state index contributed by atoms with van der Waals surface area (Å²) in [5, 5.41) is 20.8. The number of nitrogens with zero attached hydrogens (tertiary/aromatic N) is 1. The topological polar surface area (TPSA) is 70.0 Å². The monoisotopic (exact) mass is 311 g/mol. The average Bonchev–Trinajstić information content (AvgIpc) is 2.93. The first-order valence-corrected chi connectivity index (χ1v) is 8.87. The number of ether oxygens (including phenoxy) is 1. The molecule has 0 aromatic heterocycles. The van der Waals surface area contributed by atoms with Crippen LogP contribution in [0.4, 0.5) is 0 Å². The number of carbonyl (C=O) groups excluding carboxylic acids is 1. The van der Waals surface area contributed by atoms with E-state index in [0.717, 1.165) is 51.4 Å². The molecular formula is C17H29NO4. The number of rotatable bonds is 3.